The molecule has 84 valence electrons. The van der Waals surface area contributed by atoms with E-state index in [1.165, 1.54) is 18.5 Å². The number of aromatic carboxylic acids is 1. The Morgan fingerprint density at radius 1 is 1.60 bits per heavy atom. The van der Waals surface area contributed by atoms with Gasteiger partial charge >= 0.3 is 5.97 Å². The first-order valence-corrected chi connectivity index (χ1v) is 6.50. The van der Waals surface area contributed by atoms with Crippen molar-refractivity contribution >= 4 is 27.3 Å². The molecule has 0 aliphatic rings. The van der Waals surface area contributed by atoms with Crippen molar-refractivity contribution in [2.75, 3.05) is 13.6 Å². The SMILES string of the molecule is CCN(C)S(=O)(=O)c1ccsc1C(=O)O. The Balaban J connectivity index is 3.28. The molecular formula is C8H11NO4S2. The largest absolute Gasteiger partial charge is 0.477 e. The van der Waals surface area contributed by atoms with Crippen LogP contribution in [0, 0.1) is 0 Å². The third-order valence-corrected chi connectivity index (χ3v) is 4.96. The van der Waals surface area contributed by atoms with Crippen molar-refractivity contribution in [3.63, 3.8) is 0 Å². The highest BCUT2D eigenvalue weighted by molar-refractivity contribution is 7.89. The third kappa shape index (κ3) is 2.19. The Bertz CT molecular complexity index is 463. The number of thiophene rings is 1. The standard InChI is InChI=1S/C8H11NO4S2/c1-3-9(2)15(12,13)6-4-5-14-7(6)8(10)11/h4-5H,3H2,1-2H3,(H,10,11). The summed E-state index contributed by atoms with van der Waals surface area (Å²) in [4.78, 5) is 10.5. The van der Waals surface area contributed by atoms with E-state index in [-0.39, 0.29) is 9.77 Å². The van der Waals surface area contributed by atoms with E-state index in [1.807, 2.05) is 0 Å². The van der Waals surface area contributed by atoms with Crippen LogP contribution < -0.4 is 0 Å². The molecule has 0 fully saturated rings. The van der Waals surface area contributed by atoms with E-state index in [0.29, 0.717) is 6.54 Å². The molecule has 0 aromatic carbocycles. The Labute approximate surface area is 92.0 Å². The molecule has 0 amide bonds. The van der Waals surface area contributed by atoms with Crippen LogP contribution in [-0.2, 0) is 10.0 Å². The van der Waals surface area contributed by atoms with Gasteiger partial charge in [0.05, 0.1) is 0 Å². The van der Waals surface area contributed by atoms with Gasteiger partial charge in [0.1, 0.15) is 9.77 Å². The number of hydrogen-bond acceptors (Lipinski definition) is 4. The zero-order valence-corrected chi connectivity index (χ0v) is 9.93. The summed E-state index contributed by atoms with van der Waals surface area (Å²) >= 11 is 0.907. The lowest BCUT2D eigenvalue weighted by atomic mass is 10.5. The molecule has 0 aliphatic carbocycles. The Morgan fingerprint density at radius 2 is 2.20 bits per heavy atom. The van der Waals surface area contributed by atoms with Crippen LogP contribution in [0.3, 0.4) is 0 Å². The van der Waals surface area contributed by atoms with E-state index in [9.17, 15) is 13.2 Å². The summed E-state index contributed by atoms with van der Waals surface area (Å²) in [7, 11) is -2.24. The summed E-state index contributed by atoms with van der Waals surface area (Å²) in [6, 6.07) is 1.32. The highest BCUT2D eigenvalue weighted by Gasteiger charge is 2.26. The second kappa shape index (κ2) is 4.30. The fourth-order valence-corrected chi connectivity index (χ4v) is 3.40. The van der Waals surface area contributed by atoms with Crippen LogP contribution in [0.15, 0.2) is 16.3 Å². The van der Waals surface area contributed by atoms with E-state index >= 15 is 0 Å². The van der Waals surface area contributed by atoms with Crippen LogP contribution in [0.2, 0.25) is 0 Å². The summed E-state index contributed by atoms with van der Waals surface area (Å²) in [5, 5.41) is 10.3. The molecule has 1 aromatic rings. The molecule has 0 unspecified atom stereocenters. The zero-order chi connectivity index (χ0) is 11.6. The number of carboxylic acids is 1. The predicted octanol–water partition coefficient (Wildman–Crippen LogP) is 1.09. The fourth-order valence-electron chi connectivity index (χ4n) is 0.994. The van der Waals surface area contributed by atoms with Crippen LogP contribution in [0.1, 0.15) is 16.6 Å². The molecule has 0 aliphatic heterocycles. The van der Waals surface area contributed by atoms with E-state index < -0.39 is 16.0 Å². The molecule has 1 rings (SSSR count). The smallest absolute Gasteiger partial charge is 0.347 e. The normalized spacial score (nSPS) is 11.9. The van der Waals surface area contributed by atoms with Crippen molar-refractivity contribution in [2.45, 2.75) is 11.8 Å². The lowest BCUT2D eigenvalue weighted by Crippen LogP contribution is -2.27. The Morgan fingerprint density at radius 3 is 2.67 bits per heavy atom. The number of sulfonamides is 1. The number of rotatable bonds is 4. The summed E-state index contributed by atoms with van der Waals surface area (Å²) in [6.07, 6.45) is 0. The van der Waals surface area contributed by atoms with Crippen LogP contribution in [0.4, 0.5) is 0 Å². The van der Waals surface area contributed by atoms with Gasteiger partial charge in [0.15, 0.2) is 0 Å². The molecule has 1 aromatic heterocycles. The topological polar surface area (TPSA) is 74.7 Å². The Kier molecular flexibility index (Phi) is 3.48. The minimum Gasteiger partial charge on any atom is -0.477 e. The van der Waals surface area contributed by atoms with E-state index in [1.54, 1.807) is 6.92 Å². The second-order valence-corrected chi connectivity index (χ2v) is 5.77. The molecule has 7 heteroatoms. The van der Waals surface area contributed by atoms with Crippen molar-refractivity contribution in [1.29, 1.82) is 0 Å². The maximum absolute atomic E-state index is 11.8. The first-order valence-electron chi connectivity index (χ1n) is 4.18. The monoisotopic (exact) mass is 249 g/mol. The fraction of sp³-hybridized carbons (Fsp3) is 0.375. The average molecular weight is 249 g/mol. The van der Waals surface area contributed by atoms with Gasteiger partial charge in [-0.2, -0.15) is 0 Å². The first kappa shape index (κ1) is 12.2. The van der Waals surface area contributed by atoms with E-state index in [2.05, 4.69) is 0 Å². The number of hydrogen-bond donors (Lipinski definition) is 1. The zero-order valence-electron chi connectivity index (χ0n) is 8.30. The van der Waals surface area contributed by atoms with Crippen molar-refractivity contribution in [3.05, 3.63) is 16.3 Å². The van der Waals surface area contributed by atoms with Crippen molar-refractivity contribution in [2.24, 2.45) is 0 Å². The molecule has 0 radical (unpaired) electrons. The summed E-state index contributed by atoms with van der Waals surface area (Å²) in [6.45, 7) is 1.99. The average Bonchev–Trinajstić information content (AvgIpc) is 2.65. The number of carbonyl (C=O) groups is 1. The second-order valence-electron chi connectivity index (χ2n) is 2.84. The van der Waals surface area contributed by atoms with Gasteiger partial charge in [-0.25, -0.2) is 17.5 Å². The van der Waals surface area contributed by atoms with Gasteiger partial charge in [-0.05, 0) is 11.4 Å². The van der Waals surface area contributed by atoms with Gasteiger partial charge in [0, 0.05) is 13.6 Å². The molecule has 0 bridgehead atoms. The molecule has 0 saturated carbocycles. The van der Waals surface area contributed by atoms with Gasteiger partial charge < -0.3 is 5.11 Å². The predicted molar refractivity (Wildman–Crippen MR) is 56.8 cm³/mol. The van der Waals surface area contributed by atoms with Crippen LogP contribution >= 0.6 is 11.3 Å². The molecule has 0 spiro atoms. The van der Waals surface area contributed by atoms with E-state index in [4.69, 9.17) is 5.11 Å². The molecule has 15 heavy (non-hydrogen) atoms. The molecule has 1 heterocycles. The highest BCUT2D eigenvalue weighted by Crippen LogP contribution is 2.24. The van der Waals surface area contributed by atoms with E-state index in [0.717, 1.165) is 15.6 Å². The van der Waals surface area contributed by atoms with Crippen LogP contribution in [0.25, 0.3) is 0 Å². The highest BCUT2D eigenvalue weighted by atomic mass is 32.2. The summed E-state index contributed by atoms with van der Waals surface area (Å²) < 4.78 is 24.8. The van der Waals surface area contributed by atoms with Gasteiger partial charge in [0.25, 0.3) is 0 Å². The molecular weight excluding hydrogens is 238 g/mol. The van der Waals surface area contributed by atoms with Gasteiger partial charge in [-0.1, -0.05) is 6.92 Å². The maximum atomic E-state index is 11.8. The van der Waals surface area contributed by atoms with Crippen LogP contribution in [-0.4, -0.2) is 37.4 Å². The molecule has 5 nitrogen and oxygen atoms in total. The third-order valence-electron chi connectivity index (χ3n) is 1.96. The van der Waals surface area contributed by atoms with Gasteiger partial charge in [-0.15, -0.1) is 11.3 Å². The van der Waals surface area contributed by atoms with Crippen molar-refractivity contribution in [1.82, 2.24) is 4.31 Å². The number of nitrogens with zero attached hydrogens (tertiary/aromatic N) is 1. The molecule has 1 N–H and O–H groups in total. The van der Waals surface area contributed by atoms with Crippen molar-refractivity contribution < 1.29 is 18.3 Å². The van der Waals surface area contributed by atoms with Gasteiger partial charge in [-0.3, -0.25) is 0 Å². The molecule has 0 atom stereocenters. The van der Waals surface area contributed by atoms with Crippen molar-refractivity contribution in [3.8, 4) is 0 Å². The minimum absolute atomic E-state index is 0.135. The lowest BCUT2D eigenvalue weighted by molar-refractivity contribution is 0.0698. The summed E-state index contributed by atoms with van der Waals surface area (Å²) in [5.74, 6) is -1.21. The Hall–Kier alpha value is -0.920. The minimum atomic E-state index is -3.66. The first-order chi connectivity index (χ1) is 6.91. The molecule has 0 saturated heterocycles. The van der Waals surface area contributed by atoms with Crippen LogP contribution in [0.5, 0.6) is 0 Å². The number of carboxylic acid groups (broad SMARTS) is 1. The summed E-state index contributed by atoms with van der Waals surface area (Å²) in [5.41, 5.74) is 0. The quantitative estimate of drug-likeness (QED) is 0.866. The van der Waals surface area contributed by atoms with Gasteiger partial charge in [0.2, 0.25) is 10.0 Å². The lowest BCUT2D eigenvalue weighted by Gasteiger charge is -2.13. The maximum Gasteiger partial charge on any atom is 0.347 e.